The summed E-state index contributed by atoms with van der Waals surface area (Å²) in [5.74, 6) is 2.96. The van der Waals surface area contributed by atoms with Crippen molar-refractivity contribution in [3.05, 3.63) is 53.1 Å². The summed E-state index contributed by atoms with van der Waals surface area (Å²) in [5.41, 5.74) is 3.73. The van der Waals surface area contributed by atoms with Gasteiger partial charge in [-0.15, -0.1) is 0 Å². The van der Waals surface area contributed by atoms with Crippen LogP contribution in [0.1, 0.15) is 16.7 Å². The van der Waals surface area contributed by atoms with Gasteiger partial charge in [-0.2, -0.15) is 0 Å². The zero-order valence-electron chi connectivity index (χ0n) is 19.3. The lowest BCUT2D eigenvalue weighted by Crippen LogP contribution is -2.52. The van der Waals surface area contributed by atoms with E-state index in [0.29, 0.717) is 17.2 Å². The lowest BCUT2D eigenvalue weighted by Gasteiger charge is -2.36. The SMILES string of the molecule is CN=C(NCc1ccccc1C)N1CCN(Cc2cc(OC)c(OC)c(OC)c2)CC1. The molecule has 1 saturated heterocycles. The summed E-state index contributed by atoms with van der Waals surface area (Å²) in [6.07, 6.45) is 0. The molecule has 0 spiro atoms. The molecule has 31 heavy (non-hydrogen) atoms. The molecule has 7 heteroatoms. The molecule has 7 nitrogen and oxygen atoms in total. The highest BCUT2D eigenvalue weighted by Gasteiger charge is 2.21. The zero-order valence-corrected chi connectivity index (χ0v) is 19.3. The first-order chi connectivity index (χ1) is 15.1. The van der Waals surface area contributed by atoms with Gasteiger partial charge in [0.2, 0.25) is 5.75 Å². The Morgan fingerprint density at radius 1 is 0.968 bits per heavy atom. The van der Waals surface area contributed by atoms with E-state index in [1.54, 1.807) is 21.3 Å². The van der Waals surface area contributed by atoms with Gasteiger partial charge in [0.15, 0.2) is 17.5 Å². The Kier molecular flexibility index (Phi) is 8.00. The summed E-state index contributed by atoms with van der Waals surface area (Å²) in [6.45, 7) is 7.53. The van der Waals surface area contributed by atoms with Crippen LogP contribution in [0, 0.1) is 6.92 Å². The highest BCUT2D eigenvalue weighted by Crippen LogP contribution is 2.38. The third-order valence-electron chi connectivity index (χ3n) is 5.71. The number of ether oxygens (including phenoxy) is 3. The van der Waals surface area contributed by atoms with Crippen molar-refractivity contribution in [3.63, 3.8) is 0 Å². The van der Waals surface area contributed by atoms with E-state index in [0.717, 1.165) is 50.8 Å². The predicted octanol–water partition coefficient (Wildman–Crippen LogP) is 2.91. The minimum Gasteiger partial charge on any atom is -0.493 e. The minimum atomic E-state index is 0.627. The number of hydrogen-bond donors (Lipinski definition) is 1. The van der Waals surface area contributed by atoms with Crippen LogP contribution in [0.5, 0.6) is 17.2 Å². The van der Waals surface area contributed by atoms with Gasteiger partial charge >= 0.3 is 0 Å². The third kappa shape index (κ3) is 5.61. The fourth-order valence-corrected chi connectivity index (χ4v) is 3.92. The van der Waals surface area contributed by atoms with Crippen LogP contribution in [0.25, 0.3) is 0 Å². The first kappa shape index (κ1) is 22.7. The molecule has 0 bridgehead atoms. The smallest absolute Gasteiger partial charge is 0.203 e. The molecule has 1 fully saturated rings. The number of aliphatic imine (C=N–C) groups is 1. The van der Waals surface area contributed by atoms with Gasteiger partial charge in [0.1, 0.15) is 0 Å². The number of nitrogens with zero attached hydrogens (tertiary/aromatic N) is 3. The molecule has 1 aliphatic heterocycles. The third-order valence-corrected chi connectivity index (χ3v) is 5.71. The van der Waals surface area contributed by atoms with Crippen molar-refractivity contribution in [2.24, 2.45) is 4.99 Å². The van der Waals surface area contributed by atoms with Crippen molar-refractivity contribution in [2.45, 2.75) is 20.0 Å². The quantitative estimate of drug-likeness (QED) is 0.543. The van der Waals surface area contributed by atoms with E-state index < -0.39 is 0 Å². The largest absolute Gasteiger partial charge is 0.493 e. The molecule has 0 radical (unpaired) electrons. The van der Waals surface area contributed by atoms with Crippen molar-refractivity contribution in [1.82, 2.24) is 15.1 Å². The summed E-state index contributed by atoms with van der Waals surface area (Å²) < 4.78 is 16.4. The number of guanidine groups is 1. The average Bonchev–Trinajstić information content (AvgIpc) is 2.80. The van der Waals surface area contributed by atoms with Crippen molar-refractivity contribution in [1.29, 1.82) is 0 Å². The van der Waals surface area contributed by atoms with Gasteiger partial charge in [0, 0.05) is 46.3 Å². The molecule has 0 unspecified atom stereocenters. The van der Waals surface area contributed by atoms with Crippen LogP contribution in [-0.2, 0) is 13.1 Å². The molecule has 1 N–H and O–H groups in total. The Morgan fingerprint density at radius 2 is 1.61 bits per heavy atom. The van der Waals surface area contributed by atoms with E-state index in [2.05, 4.69) is 51.3 Å². The maximum Gasteiger partial charge on any atom is 0.203 e. The van der Waals surface area contributed by atoms with Gasteiger partial charge in [-0.05, 0) is 35.7 Å². The van der Waals surface area contributed by atoms with E-state index in [1.807, 2.05) is 19.2 Å². The summed E-state index contributed by atoms with van der Waals surface area (Å²) >= 11 is 0. The predicted molar refractivity (Wildman–Crippen MR) is 124 cm³/mol. The number of hydrogen-bond acceptors (Lipinski definition) is 5. The van der Waals surface area contributed by atoms with Gasteiger partial charge in [-0.1, -0.05) is 24.3 Å². The van der Waals surface area contributed by atoms with Crippen LogP contribution < -0.4 is 19.5 Å². The lowest BCUT2D eigenvalue weighted by molar-refractivity contribution is 0.172. The molecule has 0 atom stereocenters. The number of benzene rings is 2. The summed E-state index contributed by atoms with van der Waals surface area (Å²) in [6, 6.07) is 12.5. The number of rotatable bonds is 7. The topological polar surface area (TPSA) is 58.6 Å². The second-order valence-electron chi connectivity index (χ2n) is 7.62. The number of piperazine rings is 1. The highest BCUT2D eigenvalue weighted by molar-refractivity contribution is 5.80. The van der Waals surface area contributed by atoms with Crippen LogP contribution in [0.15, 0.2) is 41.4 Å². The molecule has 0 aliphatic carbocycles. The summed E-state index contributed by atoms with van der Waals surface area (Å²) in [7, 11) is 6.77. The second kappa shape index (κ2) is 10.9. The van der Waals surface area contributed by atoms with Gasteiger partial charge in [-0.3, -0.25) is 9.89 Å². The van der Waals surface area contributed by atoms with Crippen LogP contribution >= 0.6 is 0 Å². The molecule has 3 rings (SSSR count). The van der Waals surface area contributed by atoms with Gasteiger partial charge < -0.3 is 24.4 Å². The fraction of sp³-hybridized carbons (Fsp3) is 0.458. The maximum absolute atomic E-state index is 5.49. The first-order valence-electron chi connectivity index (χ1n) is 10.6. The first-order valence-corrected chi connectivity index (χ1v) is 10.6. The van der Waals surface area contributed by atoms with Gasteiger partial charge in [0.05, 0.1) is 21.3 Å². The van der Waals surface area contributed by atoms with E-state index in [1.165, 1.54) is 11.1 Å². The molecule has 0 aromatic heterocycles. The Labute approximate surface area is 185 Å². The van der Waals surface area contributed by atoms with Crippen LogP contribution in [-0.4, -0.2) is 70.3 Å². The number of aryl methyl sites for hydroxylation is 1. The average molecular weight is 427 g/mol. The van der Waals surface area contributed by atoms with Crippen molar-refractivity contribution < 1.29 is 14.2 Å². The molecule has 1 heterocycles. The van der Waals surface area contributed by atoms with E-state index in [9.17, 15) is 0 Å². The normalized spacial score (nSPS) is 15.0. The molecule has 1 aliphatic rings. The fourth-order valence-electron chi connectivity index (χ4n) is 3.92. The van der Waals surface area contributed by atoms with Gasteiger partial charge in [0.25, 0.3) is 0 Å². The monoisotopic (exact) mass is 426 g/mol. The number of nitrogens with one attached hydrogen (secondary N) is 1. The van der Waals surface area contributed by atoms with Crippen molar-refractivity contribution in [2.75, 3.05) is 54.6 Å². The lowest BCUT2D eigenvalue weighted by atomic mass is 10.1. The molecule has 0 amide bonds. The molecular formula is C24H34N4O3. The van der Waals surface area contributed by atoms with Crippen molar-refractivity contribution >= 4 is 5.96 Å². The molecule has 2 aromatic rings. The Hall–Kier alpha value is -2.93. The van der Waals surface area contributed by atoms with E-state index in [4.69, 9.17) is 14.2 Å². The molecule has 0 saturated carbocycles. The van der Waals surface area contributed by atoms with Crippen LogP contribution in [0.2, 0.25) is 0 Å². The number of methoxy groups -OCH3 is 3. The highest BCUT2D eigenvalue weighted by atomic mass is 16.5. The van der Waals surface area contributed by atoms with Crippen molar-refractivity contribution in [3.8, 4) is 17.2 Å². The second-order valence-corrected chi connectivity index (χ2v) is 7.62. The Morgan fingerprint density at radius 3 is 2.16 bits per heavy atom. The maximum atomic E-state index is 5.49. The van der Waals surface area contributed by atoms with Gasteiger partial charge in [-0.25, -0.2) is 0 Å². The van der Waals surface area contributed by atoms with E-state index in [-0.39, 0.29) is 0 Å². The van der Waals surface area contributed by atoms with Crippen LogP contribution in [0.4, 0.5) is 0 Å². The Balaban J connectivity index is 1.57. The van der Waals surface area contributed by atoms with E-state index >= 15 is 0 Å². The molecule has 168 valence electrons. The standard InChI is InChI=1S/C24H34N4O3/c1-18-8-6-7-9-20(18)16-26-24(25-2)28-12-10-27(11-13-28)17-19-14-21(29-3)23(31-5)22(15-19)30-4/h6-9,14-15H,10-13,16-17H2,1-5H3,(H,25,26). The molecular weight excluding hydrogens is 392 g/mol. The molecule has 2 aromatic carbocycles. The summed E-state index contributed by atoms with van der Waals surface area (Å²) in [5, 5.41) is 3.51. The van der Waals surface area contributed by atoms with Crippen LogP contribution in [0.3, 0.4) is 0 Å². The minimum absolute atomic E-state index is 0.627. The summed E-state index contributed by atoms with van der Waals surface area (Å²) in [4.78, 5) is 9.26. The Bertz CT molecular complexity index is 867. The zero-order chi connectivity index (χ0) is 22.2.